The summed E-state index contributed by atoms with van der Waals surface area (Å²) in [5.41, 5.74) is 2.96. The second-order valence-electron chi connectivity index (χ2n) is 5.98. The molecule has 23 heavy (non-hydrogen) atoms. The van der Waals surface area contributed by atoms with E-state index >= 15 is 0 Å². The van der Waals surface area contributed by atoms with E-state index < -0.39 is 0 Å². The zero-order chi connectivity index (χ0) is 15.6. The lowest BCUT2D eigenvalue weighted by Gasteiger charge is -2.25. The SMILES string of the molecule is O=C(c1ccccc1)N1CCC[C@@H]1c1ccc2ncccc2c1. The van der Waals surface area contributed by atoms with Crippen LogP contribution in [0.3, 0.4) is 0 Å². The van der Waals surface area contributed by atoms with Crippen LogP contribution in [0.5, 0.6) is 0 Å². The van der Waals surface area contributed by atoms with Gasteiger partial charge in [-0.15, -0.1) is 0 Å². The van der Waals surface area contributed by atoms with Gasteiger partial charge in [0, 0.05) is 23.7 Å². The number of pyridine rings is 1. The predicted molar refractivity (Wildman–Crippen MR) is 91.2 cm³/mol. The van der Waals surface area contributed by atoms with Crippen molar-refractivity contribution in [2.75, 3.05) is 6.54 Å². The van der Waals surface area contributed by atoms with Gasteiger partial charge in [0.2, 0.25) is 0 Å². The average Bonchev–Trinajstić information content (AvgIpc) is 3.11. The third-order valence-corrected chi connectivity index (χ3v) is 4.55. The predicted octanol–water partition coefficient (Wildman–Crippen LogP) is 4.21. The molecule has 3 nitrogen and oxygen atoms in total. The van der Waals surface area contributed by atoms with Crippen molar-refractivity contribution >= 4 is 16.8 Å². The molecule has 0 N–H and O–H groups in total. The quantitative estimate of drug-likeness (QED) is 0.710. The second-order valence-corrected chi connectivity index (χ2v) is 5.98. The molecule has 1 aromatic heterocycles. The lowest BCUT2D eigenvalue weighted by atomic mass is 10.0. The maximum atomic E-state index is 12.8. The second kappa shape index (κ2) is 5.84. The van der Waals surface area contributed by atoms with Gasteiger partial charge in [-0.1, -0.05) is 30.3 Å². The summed E-state index contributed by atoms with van der Waals surface area (Å²) in [7, 11) is 0. The van der Waals surface area contributed by atoms with Gasteiger partial charge in [-0.2, -0.15) is 0 Å². The average molecular weight is 302 g/mol. The van der Waals surface area contributed by atoms with Gasteiger partial charge in [-0.05, 0) is 48.7 Å². The Kier molecular flexibility index (Phi) is 3.54. The molecule has 3 heteroatoms. The Hall–Kier alpha value is -2.68. The number of rotatable bonds is 2. The van der Waals surface area contributed by atoms with Crippen LogP contribution in [0.2, 0.25) is 0 Å². The van der Waals surface area contributed by atoms with Crippen molar-refractivity contribution in [2.24, 2.45) is 0 Å². The maximum Gasteiger partial charge on any atom is 0.254 e. The van der Waals surface area contributed by atoms with Crippen LogP contribution >= 0.6 is 0 Å². The number of hydrogen-bond donors (Lipinski definition) is 0. The molecule has 0 saturated carbocycles. The maximum absolute atomic E-state index is 12.8. The van der Waals surface area contributed by atoms with Crippen molar-refractivity contribution in [3.8, 4) is 0 Å². The molecule has 2 heterocycles. The van der Waals surface area contributed by atoms with Gasteiger partial charge in [0.05, 0.1) is 11.6 Å². The summed E-state index contributed by atoms with van der Waals surface area (Å²) < 4.78 is 0. The standard InChI is InChI=1S/C20H18N2O/c23-20(15-6-2-1-3-7-15)22-13-5-9-19(22)17-10-11-18-16(14-17)8-4-12-21-18/h1-4,6-8,10-12,14,19H,5,9,13H2/t19-/m1/s1. The Labute approximate surface area is 135 Å². The molecular formula is C20H18N2O. The normalized spacial score (nSPS) is 17.6. The third kappa shape index (κ3) is 2.59. The highest BCUT2D eigenvalue weighted by Gasteiger charge is 2.30. The van der Waals surface area contributed by atoms with E-state index in [0.717, 1.165) is 35.9 Å². The Morgan fingerprint density at radius 2 is 1.91 bits per heavy atom. The molecule has 1 aliphatic rings. The molecule has 0 aliphatic carbocycles. The summed E-state index contributed by atoms with van der Waals surface area (Å²) in [6, 6.07) is 20.1. The molecule has 0 spiro atoms. The highest BCUT2D eigenvalue weighted by Crippen LogP contribution is 2.34. The van der Waals surface area contributed by atoms with Crippen LogP contribution < -0.4 is 0 Å². The topological polar surface area (TPSA) is 33.2 Å². The summed E-state index contributed by atoms with van der Waals surface area (Å²) in [6.07, 6.45) is 3.88. The molecule has 114 valence electrons. The summed E-state index contributed by atoms with van der Waals surface area (Å²) >= 11 is 0. The summed E-state index contributed by atoms with van der Waals surface area (Å²) in [6.45, 7) is 0.823. The Bertz CT molecular complexity index is 844. The number of likely N-dealkylation sites (tertiary alicyclic amines) is 1. The first kappa shape index (κ1) is 13.9. The number of fused-ring (bicyclic) bond motifs is 1. The Morgan fingerprint density at radius 3 is 2.78 bits per heavy atom. The van der Waals surface area contributed by atoms with Gasteiger partial charge in [-0.25, -0.2) is 0 Å². The Balaban J connectivity index is 1.67. The molecule has 3 aromatic rings. The fourth-order valence-electron chi connectivity index (χ4n) is 3.40. The van der Waals surface area contributed by atoms with E-state index in [1.807, 2.05) is 53.6 Å². The van der Waals surface area contributed by atoms with E-state index in [1.54, 1.807) is 0 Å². The summed E-state index contributed by atoms with van der Waals surface area (Å²) in [4.78, 5) is 19.2. The number of aromatic nitrogens is 1. The van der Waals surface area contributed by atoms with Crippen LogP contribution in [0, 0.1) is 0 Å². The van der Waals surface area contributed by atoms with Crippen LogP contribution in [0.15, 0.2) is 66.9 Å². The van der Waals surface area contributed by atoms with Gasteiger partial charge in [-0.3, -0.25) is 9.78 Å². The number of benzene rings is 2. The smallest absolute Gasteiger partial charge is 0.254 e. The molecule has 1 saturated heterocycles. The molecule has 2 aromatic carbocycles. The Morgan fingerprint density at radius 1 is 1.04 bits per heavy atom. The van der Waals surface area contributed by atoms with Gasteiger partial charge < -0.3 is 4.90 Å². The zero-order valence-electron chi connectivity index (χ0n) is 12.9. The molecule has 1 fully saturated rings. The van der Waals surface area contributed by atoms with E-state index in [4.69, 9.17) is 0 Å². The lowest BCUT2D eigenvalue weighted by Crippen LogP contribution is -2.30. The van der Waals surface area contributed by atoms with Crippen LogP contribution in [0.4, 0.5) is 0 Å². The number of carbonyl (C=O) groups is 1. The van der Waals surface area contributed by atoms with Crippen molar-refractivity contribution in [3.05, 3.63) is 78.0 Å². The van der Waals surface area contributed by atoms with Gasteiger partial charge in [0.25, 0.3) is 5.91 Å². The summed E-state index contributed by atoms with van der Waals surface area (Å²) in [5.74, 6) is 0.124. The van der Waals surface area contributed by atoms with Crippen molar-refractivity contribution < 1.29 is 4.79 Å². The van der Waals surface area contributed by atoms with Crippen molar-refractivity contribution in [3.63, 3.8) is 0 Å². The monoisotopic (exact) mass is 302 g/mol. The van der Waals surface area contributed by atoms with E-state index in [-0.39, 0.29) is 11.9 Å². The van der Waals surface area contributed by atoms with Crippen molar-refractivity contribution in [1.82, 2.24) is 9.88 Å². The minimum Gasteiger partial charge on any atom is -0.332 e. The van der Waals surface area contributed by atoms with E-state index in [2.05, 4.69) is 23.2 Å². The largest absolute Gasteiger partial charge is 0.332 e. The first-order valence-electron chi connectivity index (χ1n) is 8.03. The minimum absolute atomic E-state index is 0.124. The van der Waals surface area contributed by atoms with E-state index in [9.17, 15) is 4.79 Å². The number of hydrogen-bond acceptors (Lipinski definition) is 2. The third-order valence-electron chi connectivity index (χ3n) is 4.55. The first-order chi connectivity index (χ1) is 11.3. The molecule has 0 bridgehead atoms. The molecular weight excluding hydrogens is 284 g/mol. The first-order valence-corrected chi connectivity index (χ1v) is 8.03. The summed E-state index contributed by atoms with van der Waals surface area (Å²) in [5, 5.41) is 1.13. The number of amides is 1. The van der Waals surface area contributed by atoms with Crippen molar-refractivity contribution in [2.45, 2.75) is 18.9 Å². The lowest BCUT2D eigenvalue weighted by molar-refractivity contribution is 0.0735. The minimum atomic E-state index is 0.124. The van der Waals surface area contributed by atoms with Crippen molar-refractivity contribution in [1.29, 1.82) is 0 Å². The highest BCUT2D eigenvalue weighted by molar-refractivity contribution is 5.94. The van der Waals surface area contributed by atoms with E-state index in [1.165, 1.54) is 5.56 Å². The van der Waals surface area contributed by atoms with Crippen LogP contribution in [-0.4, -0.2) is 22.3 Å². The van der Waals surface area contributed by atoms with Crippen LogP contribution in [-0.2, 0) is 0 Å². The van der Waals surface area contributed by atoms with Gasteiger partial charge in [0.15, 0.2) is 0 Å². The molecule has 0 radical (unpaired) electrons. The van der Waals surface area contributed by atoms with Crippen LogP contribution in [0.25, 0.3) is 10.9 Å². The van der Waals surface area contributed by atoms with Gasteiger partial charge >= 0.3 is 0 Å². The molecule has 0 unspecified atom stereocenters. The fourth-order valence-corrected chi connectivity index (χ4v) is 3.40. The molecule has 4 rings (SSSR count). The highest BCUT2D eigenvalue weighted by atomic mass is 16.2. The molecule has 1 atom stereocenters. The van der Waals surface area contributed by atoms with E-state index in [0.29, 0.717) is 0 Å². The molecule has 1 amide bonds. The van der Waals surface area contributed by atoms with Gasteiger partial charge in [0.1, 0.15) is 0 Å². The fraction of sp³-hybridized carbons (Fsp3) is 0.200. The molecule has 1 aliphatic heterocycles. The zero-order valence-corrected chi connectivity index (χ0v) is 12.9. The number of nitrogens with zero attached hydrogens (tertiary/aromatic N) is 2. The number of carbonyl (C=O) groups excluding carboxylic acids is 1. The van der Waals surface area contributed by atoms with Crippen LogP contribution in [0.1, 0.15) is 34.8 Å².